The molecule has 1 amide bonds. The summed E-state index contributed by atoms with van der Waals surface area (Å²) in [5, 5.41) is 11.5. The summed E-state index contributed by atoms with van der Waals surface area (Å²) in [7, 11) is 0. The van der Waals surface area contributed by atoms with Crippen molar-refractivity contribution >= 4 is 11.7 Å². The average Bonchev–Trinajstić information content (AvgIpc) is 3.32. The molecule has 174 valence electrons. The summed E-state index contributed by atoms with van der Waals surface area (Å²) in [4.78, 5) is 20.9. The van der Waals surface area contributed by atoms with Gasteiger partial charge in [-0.3, -0.25) is 4.79 Å². The third-order valence-corrected chi connectivity index (χ3v) is 6.06. The van der Waals surface area contributed by atoms with E-state index in [0.717, 1.165) is 30.7 Å². The van der Waals surface area contributed by atoms with Gasteiger partial charge in [-0.1, -0.05) is 19.1 Å². The predicted octanol–water partition coefficient (Wildman–Crippen LogP) is 4.34. The number of piperidine rings is 1. The van der Waals surface area contributed by atoms with Crippen molar-refractivity contribution < 1.29 is 18.0 Å². The highest BCUT2D eigenvalue weighted by Gasteiger charge is 2.34. The van der Waals surface area contributed by atoms with Gasteiger partial charge >= 0.3 is 6.18 Å². The minimum Gasteiger partial charge on any atom is -0.368 e. The van der Waals surface area contributed by atoms with Gasteiger partial charge in [0, 0.05) is 19.3 Å². The summed E-state index contributed by atoms with van der Waals surface area (Å²) in [6, 6.07) is 7.72. The highest BCUT2D eigenvalue weighted by Crippen LogP contribution is 2.30. The van der Waals surface area contributed by atoms with Crippen LogP contribution in [0.15, 0.2) is 48.9 Å². The first kappa shape index (κ1) is 22.8. The summed E-state index contributed by atoms with van der Waals surface area (Å²) in [5.41, 5.74) is 1.18. The van der Waals surface area contributed by atoms with Gasteiger partial charge in [-0.15, -0.1) is 0 Å². The van der Waals surface area contributed by atoms with Crippen LogP contribution >= 0.6 is 0 Å². The van der Waals surface area contributed by atoms with Crippen LogP contribution in [0.2, 0.25) is 0 Å². The Morgan fingerprint density at radius 1 is 1.18 bits per heavy atom. The van der Waals surface area contributed by atoms with E-state index in [1.807, 2.05) is 30.0 Å². The van der Waals surface area contributed by atoms with Gasteiger partial charge in [0.25, 0.3) is 5.91 Å². The second-order valence-corrected chi connectivity index (χ2v) is 8.28. The number of anilines is 1. The zero-order valence-electron chi connectivity index (χ0n) is 18.4. The van der Waals surface area contributed by atoms with E-state index < -0.39 is 11.7 Å². The number of amides is 1. The van der Waals surface area contributed by atoms with Crippen LogP contribution in [0.1, 0.15) is 41.3 Å². The minimum absolute atomic E-state index is 0.112. The maximum Gasteiger partial charge on any atom is 0.417 e. The Morgan fingerprint density at radius 3 is 2.61 bits per heavy atom. The lowest BCUT2D eigenvalue weighted by Crippen LogP contribution is -2.51. The minimum atomic E-state index is -4.43. The van der Waals surface area contributed by atoms with Crippen molar-refractivity contribution in [2.45, 2.75) is 38.9 Å². The number of carbonyl (C=O) groups excluding carboxylic acids is 1. The van der Waals surface area contributed by atoms with Crippen LogP contribution in [0, 0.1) is 12.8 Å². The molecule has 1 saturated heterocycles. The second kappa shape index (κ2) is 9.21. The normalized spacial score (nSPS) is 18.9. The van der Waals surface area contributed by atoms with Crippen LogP contribution in [0.3, 0.4) is 0 Å². The van der Waals surface area contributed by atoms with E-state index in [1.165, 1.54) is 10.9 Å². The first-order valence-electron chi connectivity index (χ1n) is 10.8. The van der Waals surface area contributed by atoms with Crippen molar-refractivity contribution in [1.82, 2.24) is 24.9 Å². The number of aromatic nitrogens is 4. The van der Waals surface area contributed by atoms with Gasteiger partial charge < -0.3 is 10.2 Å². The van der Waals surface area contributed by atoms with Gasteiger partial charge in [0.2, 0.25) is 0 Å². The van der Waals surface area contributed by atoms with E-state index in [-0.39, 0.29) is 17.9 Å². The van der Waals surface area contributed by atoms with Crippen LogP contribution in [0.5, 0.6) is 0 Å². The van der Waals surface area contributed by atoms with Crippen molar-refractivity contribution in [1.29, 1.82) is 0 Å². The quantitative estimate of drug-likeness (QED) is 0.616. The van der Waals surface area contributed by atoms with Gasteiger partial charge in [0.1, 0.15) is 5.82 Å². The van der Waals surface area contributed by atoms with E-state index in [4.69, 9.17) is 0 Å². The Hall–Kier alpha value is -3.43. The predicted molar refractivity (Wildman–Crippen MR) is 117 cm³/mol. The average molecular weight is 458 g/mol. The zero-order chi connectivity index (χ0) is 23.6. The van der Waals surface area contributed by atoms with Crippen LogP contribution in [-0.2, 0) is 6.18 Å². The van der Waals surface area contributed by atoms with Crippen molar-refractivity contribution in [2.75, 3.05) is 18.4 Å². The van der Waals surface area contributed by atoms with E-state index >= 15 is 0 Å². The molecule has 33 heavy (non-hydrogen) atoms. The van der Waals surface area contributed by atoms with Crippen LogP contribution < -0.4 is 5.32 Å². The summed E-state index contributed by atoms with van der Waals surface area (Å²) in [6.07, 6.45) is 1.33. The van der Waals surface area contributed by atoms with Gasteiger partial charge in [-0.05, 0) is 49.4 Å². The third-order valence-electron chi connectivity index (χ3n) is 6.06. The fourth-order valence-electron chi connectivity index (χ4n) is 4.27. The molecule has 2 atom stereocenters. The highest BCUT2D eigenvalue weighted by molar-refractivity contribution is 5.99. The number of pyridine rings is 1. The van der Waals surface area contributed by atoms with E-state index in [0.29, 0.717) is 30.2 Å². The molecule has 3 heterocycles. The van der Waals surface area contributed by atoms with Crippen molar-refractivity contribution in [3.8, 4) is 5.69 Å². The Morgan fingerprint density at radius 2 is 1.94 bits per heavy atom. The number of nitrogens with zero attached hydrogens (tertiary/aromatic N) is 5. The fourth-order valence-corrected chi connectivity index (χ4v) is 4.27. The molecule has 1 N–H and O–H groups in total. The molecular weight excluding hydrogens is 433 g/mol. The molecule has 3 aromatic rings. The summed E-state index contributed by atoms with van der Waals surface area (Å²) in [5.74, 6) is 0.435. The van der Waals surface area contributed by atoms with Gasteiger partial charge in [0.05, 0.1) is 35.2 Å². The molecule has 7 nitrogen and oxygen atoms in total. The number of rotatable bonds is 5. The van der Waals surface area contributed by atoms with E-state index in [2.05, 4.69) is 27.4 Å². The lowest BCUT2D eigenvalue weighted by molar-refractivity contribution is -0.137. The summed E-state index contributed by atoms with van der Waals surface area (Å²) in [6.45, 7) is 4.94. The Labute approximate surface area is 189 Å². The molecule has 10 heteroatoms. The van der Waals surface area contributed by atoms with Gasteiger partial charge in [-0.2, -0.15) is 28.2 Å². The Balaban J connectivity index is 1.56. The number of carbonyl (C=O) groups is 1. The third kappa shape index (κ3) is 4.84. The number of nitrogens with one attached hydrogen (secondary N) is 1. The zero-order valence-corrected chi connectivity index (χ0v) is 18.4. The molecule has 0 aliphatic carbocycles. The Bertz CT molecular complexity index is 1100. The first-order valence-corrected chi connectivity index (χ1v) is 10.8. The first-order chi connectivity index (χ1) is 15.8. The molecule has 4 rings (SSSR count). The lowest BCUT2D eigenvalue weighted by Gasteiger charge is -2.40. The molecule has 2 aromatic heterocycles. The largest absolute Gasteiger partial charge is 0.417 e. The molecule has 1 aliphatic heterocycles. The van der Waals surface area contributed by atoms with Crippen molar-refractivity contribution in [3.05, 3.63) is 65.6 Å². The van der Waals surface area contributed by atoms with Crippen molar-refractivity contribution in [2.24, 2.45) is 5.92 Å². The van der Waals surface area contributed by atoms with Gasteiger partial charge in [0.15, 0.2) is 0 Å². The number of halogens is 3. The Kier molecular flexibility index (Phi) is 6.35. The van der Waals surface area contributed by atoms with Crippen LogP contribution in [-0.4, -0.2) is 49.9 Å². The molecular formula is C23H25F3N6O. The smallest absolute Gasteiger partial charge is 0.368 e. The van der Waals surface area contributed by atoms with E-state index in [1.54, 1.807) is 12.4 Å². The summed E-state index contributed by atoms with van der Waals surface area (Å²) >= 11 is 0. The molecule has 0 spiro atoms. The maximum absolute atomic E-state index is 13.7. The number of hydrogen-bond donors (Lipinski definition) is 1. The fraction of sp³-hybridized carbons (Fsp3) is 0.391. The highest BCUT2D eigenvalue weighted by atomic mass is 19.4. The van der Waals surface area contributed by atoms with Crippen LogP contribution in [0.4, 0.5) is 19.0 Å². The molecule has 1 aromatic carbocycles. The van der Waals surface area contributed by atoms with Crippen molar-refractivity contribution in [3.63, 3.8) is 0 Å². The monoisotopic (exact) mass is 458 g/mol. The maximum atomic E-state index is 13.7. The topological polar surface area (TPSA) is 75.9 Å². The molecule has 0 bridgehead atoms. The number of likely N-dealkylation sites (tertiary alicyclic amines) is 1. The molecule has 1 aliphatic rings. The molecule has 0 saturated carbocycles. The summed E-state index contributed by atoms with van der Waals surface area (Å²) < 4.78 is 38.4. The van der Waals surface area contributed by atoms with E-state index in [9.17, 15) is 18.0 Å². The number of hydrogen-bond acceptors (Lipinski definition) is 5. The molecule has 0 unspecified atom stereocenters. The SMILES string of the molecule is Cc1cccc(-n2nccn2)c1C(=O)N1CCC[C@@H](C)[C@H]1CNc1ccc(C(F)(F)F)cn1. The molecule has 1 fully saturated rings. The standard InChI is InChI=1S/C23H25F3N6O/c1-15-6-4-12-31(19(15)14-28-20-9-8-17(13-27-20)23(24,25)26)22(33)21-16(2)5-3-7-18(21)32-29-10-11-30-32/h3,5,7-11,13,15,19H,4,6,12,14H2,1-2H3,(H,27,28)/t15-,19-/m1/s1. The number of benzene rings is 1. The van der Waals surface area contributed by atoms with Gasteiger partial charge in [-0.25, -0.2) is 4.98 Å². The number of aryl methyl sites for hydroxylation is 1. The lowest BCUT2D eigenvalue weighted by atomic mass is 9.89. The number of alkyl halides is 3. The second-order valence-electron chi connectivity index (χ2n) is 8.28. The van der Waals surface area contributed by atoms with Crippen LogP contribution in [0.25, 0.3) is 5.69 Å². The molecule has 0 radical (unpaired) electrons.